The molecule has 1 heterocycles. The monoisotopic (exact) mass is 297 g/mol. The van der Waals surface area contributed by atoms with E-state index in [0.29, 0.717) is 6.54 Å². The molecular formula is C15H23NO3S. The first kappa shape index (κ1) is 16.7. The van der Waals surface area contributed by atoms with Crippen molar-refractivity contribution in [2.75, 3.05) is 0 Å². The lowest BCUT2D eigenvalue weighted by atomic mass is 9.85. The molecule has 5 heteroatoms. The Morgan fingerprint density at radius 2 is 2.00 bits per heavy atom. The highest BCUT2D eigenvalue weighted by Gasteiger charge is 2.28. The van der Waals surface area contributed by atoms with Gasteiger partial charge in [0.2, 0.25) is 5.91 Å². The largest absolute Gasteiger partial charge is 0.481 e. The molecule has 0 fully saturated rings. The molecular weight excluding hydrogens is 274 g/mol. The SMILES string of the molecule is CC(C)N(Cc1cccs1)C(=O)CC(C)(C)CC(=O)O. The first-order valence-electron chi connectivity index (χ1n) is 6.75. The zero-order valence-corrected chi connectivity index (χ0v) is 13.4. The zero-order valence-electron chi connectivity index (χ0n) is 12.5. The second-order valence-electron chi connectivity index (χ2n) is 6.11. The summed E-state index contributed by atoms with van der Waals surface area (Å²) >= 11 is 1.63. The van der Waals surface area contributed by atoms with Gasteiger partial charge in [-0.25, -0.2) is 0 Å². The van der Waals surface area contributed by atoms with Gasteiger partial charge in [-0.15, -0.1) is 11.3 Å². The van der Waals surface area contributed by atoms with E-state index >= 15 is 0 Å². The maximum atomic E-state index is 12.4. The van der Waals surface area contributed by atoms with E-state index in [4.69, 9.17) is 5.11 Å². The van der Waals surface area contributed by atoms with E-state index in [2.05, 4.69) is 0 Å². The lowest BCUT2D eigenvalue weighted by molar-refractivity contribution is -0.141. The second-order valence-corrected chi connectivity index (χ2v) is 7.14. The Morgan fingerprint density at radius 3 is 2.45 bits per heavy atom. The third-order valence-electron chi connectivity index (χ3n) is 3.11. The highest BCUT2D eigenvalue weighted by Crippen LogP contribution is 2.27. The van der Waals surface area contributed by atoms with Gasteiger partial charge in [0, 0.05) is 17.3 Å². The van der Waals surface area contributed by atoms with E-state index in [-0.39, 0.29) is 24.8 Å². The van der Waals surface area contributed by atoms with Gasteiger partial charge < -0.3 is 10.0 Å². The second kappa shape index (κ2) is 6.88. The van der Waals surface area contributed by atoms with Crippen molar-refractivity contribution in [2.45, 2.75) is 53.1 Å². The molecule has 1 N–H and O–H groups in total. The number of carboxylic acids is 1. The lowest BCUT2D eigenvalue weighted by Crippen LogP contribution is -2.38. The van der Waals surface area contributed by atoms with Gasteiger partial charge in [-0.1, -0.05) is 19.9 Å². The minimum absolute atomic E-state index is 0.00365. The van der Waals surface area contributed by atoms with Crippen molar-refractivity contribution in [3.63, 3.8) is 0 Å². The average molecular weight is 297 g/mol. The van der Waals surface area contributed by atoms with Gasteiger partial charge in [0.15, 0.2) is 0 Å². The van der Waals surface area contributed by atoms with Crippen molar-refractivity contribution in [3.05, 3.63) is 22.4 Å². The molecule has 0 unspecified atom stereocenters. The first-order chi connectivity index (χ1) is 9.21. The molecule has 0 radical (unpaired) electrons. The molecule has 0 spiro atoms. The third kappa shape index (κ3) is 5.33. The van der Waals surface area contributed by atoms with Crippen LogP contribution in [0, 0.1) is 5.41 Å². The van der Waals surface area contributed by atoms with Gasteiger partial charge >= 0.3 is 5.97 Å². The van der Waals surface area contributed by atoms with Gasteiger partial charge in [0.25, 0.3) is 0 Å². The predicted molar refractivity (Wildman–Crippen MR) is 80.7 cm³/mol. The summed E-state index contributed by atoms with van der Waals surface area (Å²) in [6.45, 7) is 8.20. The molecule has 0 atom stereocenters. The normalized spacial score (nSPS) is 11.7. The summed E-state index contributed by atoms with van der Waals surface area (Å²) in [6, 6.07) is 4.08. The fourth-order valence-electron chi connectivity index (χ4n) is 2.11. The number of carboxylic acid groups (broad SMARTS) is 1. The molecule has 1 amide bonds. The standard InChI is InChI=1S/C15H23NO3S/c1-11(2)16(10-12-6-5-7-20-12)13(17)8-15(3,4)9-14(18)19/h5-7,11H,8-10H2,1-4H3,(H,18,19). The topological polar surface area (TPSA) is 57.6 Å². The first-order valence-corrected chi connectivity index (χ1v) is 7.63. The molecule has 1 rings (SSSR count). The fourth-order valence-corrected chi connectivity index (χ4v) is 2.81. The van der Waals surface area contributed by atoms with Crippen LogP contribution in [-0.4, -0.2) is 27.9 Å². The molecule has 0 aromatic carbocycles. The number of thiophene rings is 1. The van der Waals surface area contributed by atoms with E-state index in [1.807, 2.05) is 50.1 Å². The van der Waals surface area contributed by atoms with Crippen molar-refractivity contribution < 1.29 is 14.7 Å². The molecule has 0 saturated heterocycles. The van der Waals surface area contributed by atoms with Gasteiger partial charge in [-0.2, -0.15) is 0 Å². The molecule has 1 aromatic heterocycles. The average Bonchev–Trinajstić information content (AvgIpc) is 2.74. The summed E-state index contributed by atoms with van der Waals surface area (Å²) in [6.07, 6.45) is 0.256. The number of nitrogens with zero attached hydrogens (tertiary/aromatic N) is 1. The van der Waals surface area contributed by atoms with Crippen LogP contribution in [-0.2, 0) is 16.1 Å². The Labute approximate surface area is 124 Å². The van der Waals surface area contributed by atoms with Gasteiger partial charge in [0.05, 0.1) is 13.0 Å². The van der Waals surface area contributed by atoms with Crippen LogP contribution in [0.1, 0.15) is 45.4 Å². The van der Waals surface area contributed by atoms with Crippen molar-refractivity contribution in [1.29, 1.82) is 0 Å². The summed E-state index contributed by atoms with van der Waals surface area (Å²) in [7, 11) is 0. The van der Waals surface area contributed by atoms with Gasteiger partial charge in [-0.3, -0.25) is 9.59 Å². The van der Waals surface area contributed by atoms with Crippen molar-refractivity contribution in [3.8, 4) is 0 Å². The Balaban J connectivity index is 2.72. The number of amides is 1. The smallest absolute Gasteiger partial charge is 0.303 e. The van der Waals surface area contributed by atoms with Crippen LogP contribution in [0.15, 0.2) is 17.5 Å². The summed E-state index contributed by atoms with van der Waals surface area (Å²) in [5, 5.41) is 10.9. The summed E-state index contributed by atoms with van der Waals surface area (Å²) in [5.41, 5.74) is -0.522. The molecule has 0 aliphatic carbocycles. The molecule has 1 aromatic rings. The van der Waals surface area contributed by atoms with Gasteiger partial charge in [-0.05, 0) is 30.7 Å². The summed E-state index contributed by atoms with van der Waals surface area (Å²) in [5.74, 6) is -0.850. The van der Waals surface area contributed by atoms with E-state index in [1.165, 1.54) is 0 Å². The van der Waals surface area contributed by atoms with Crippen LogP contribution in [0.3, 0.4) is 0 Å². The maximum Gasteiger partial charge on any atom is 0.303 e. The minimum atomic E-state index is -0.864. The number of aliphatic carboxylic acids is 1. The Morgan fingerprint density at radius 1 is 1.35 bits per heavy atom. The predicted octanol–water partition coefficient (Wildman–Crippen LogP) is 3.38. The Kier molecular flexibility index (Phi) is 5.74. The van der Waals surface area contributed by atoms with Crippen LogP contribution >= 0.6 is 11.3 Å². The number of carbonyl (C=O) groups excluding carboxylic acids is 1. The highest BCUT2D eigenvalue weighted by atomic mass is 32.1. The molecule has 0 saturated carbocycles. The van der Waals surface area contributed by atoms with Crippen LogP contribution in [0.4, 0.5) is 0 Å². The molecule has 0 aliphatic rings. The number of carbonyl (C=O) groups is 2. The Hall–Kier alpha value is -1.36. The Bertz CT molecular complexity index is 452. The molecule has 0 bridgehead atoms. The zero-order chi connectivity index (χ0) is 15.3. The van der Waals surface area contributed by atoms with E-state index in [0.717, 1.165) is 4.88 Å². The molecule has 112 valence electrons. The lowest BCUT2D eigenvalue weighted by Gasteiger charge is -2.30. The number of rotatable bonds is 7. The van der Waals surface area contributed by atoms with Crippen molar-refractivity contribution in [1.82, 2.24) is 4.90 Å². The van der Waals surface area contributed by atoms with E-state index in [9.17, 15) is 9.59 Å². The quantitative estimate of drug-likeness (QED) is 0.839. The van der Waals surface area contributed by atoms with Crippen LogP contribution in [0.25, 0.3) is 0 Å². The van der Waals surface area contributed by atoms with Crippen molar-refractivity contribution >= 4 is 23.2 Å². The molecule has 0 aliphatic heterocycles. The maximum absolute atomic E-state index is 12.4. The fraction of sp³-hybridized carbons (Fsp3) is 0.600. The van der Waals surface area contributed by atoms with Crippen LogP contribution < -0.4 is 0 Å². The molecule has 4 nitrogen and oxygen atoms in total. The van der Waals surface area contributed by atoms with Crippen molar-refractivity contribution in [2.24, 2.45) is 5.41 Å². The third-order valence-corrected chi connectivity index (χ3v) is 3.97. The minimum Gasteiger partial charge on any atom is -0.481 e. The summed E-state index contributed by atoms with van der Waals surface area (Å²) < 4.78 is 0. The molecule has 20 heavy (non-hydrogen) atoms. The number of hydrogen-bond donors (Lipinski definition) is 1. The van der Waals surface area contributed by atoms with Crippen LogP contribution in [0.2, 0.25) is 0 Å². The number of hydrogen-bond acceptors (Lipinski definition) is 3. The van der Waals surface area contributed by atoms with E-state index in [1.54, 1.807) is 11.3 Å². The van der Waals surface area contributed by atoms with Gasteiger partial charge in [0.1, 0.15) is 0 Å². The highest BCUT2D eigenvalue weighted by molar-refractivity contribution is 7.09. The summed E-state index contributed by atoms with van der Waals surface area (Å²) in [4.78, 5) is 26.2. The van der Waals surface area contributed by atoms with E-state index < -0.39 is 11.4 Å². The van der Waals surface area contributed by atoms with Crippen LogP contribution in [0.5, 0.6) is 0 Å².